The minimum atomic E-state index is -4.44. The van der Waals surface area contributed by atoms with E-state index >= 15 is 0 Å². The van der Waals surface area contributed by atoms with Crippen molar-refractivity contribution in [3.63, 3.8) is 0 Å². The molecule has 1 aromatic carbocycles. The number of carboxylic acid groups (broad SMARTS) is 1. The van der Waals surface area contributed by atoms with E-state index < -0.39 is 16.4 Å². The molecule has 0 unspecified atom stereocenters. The van der Waals surface area contributed by atoms with Crippen LogP contribution in [0.1, 0.15) is 10.4 Å². The Labute approximate surface area is 96.8 Å². The summed E-state index contributed by atoms with van der Waals surface area (Å²) in [6, 6.07) is 3.44. The van der Waals surface area contributed by atoms with Gasteiger partial charge in [0.05, 0.1) is 12.7 Å². The Hall–Kier alpha value is -1.84. The Balaban J connectivity index is 3.19. The number of nitrogens with two attached hydrogens (primary N) is 1. The molecule has 0 aliphatic carbocycles. The Morgan fingerprint density at radius 3 is 2.47 bits per heavy atom. The molecule has 0 saturated carbocycles. The average Bonchev–Trinajstić information content (AvgIpc) is 2.28. The van der Waals surface area contributed by atoms with Crippen molar-refractivity contribution in [2.75, 3.05) is 7.11 Å². The third kappa shape index (κ3) is 3.31. The van der Waals surface area contributed by atoms with Gasteiger partial charge in [-0.2, -0.15) is 18.6 Å². The predicted molar refractivity (Wildman–Crippen MR) is 54.8 cm³/mol. The molecule has 8 nitrogen and oxygen atoms in total. The summed E-state index contributed by atoms with van der Waals surface area (Å²) >= 11 is 0. The maximum absolute atomic E-state index is 10.9. The number of carboxylic acids is 1. The molecular formula is C8H9NO7S. The fourth-order valence-electron chi connectivity index (χ4n) is 1.00. The number of carbonyl (C=O) groups is 1. The summed E-state index contributed by atoms with van der Waals surface area (Å²) in [5.74, 6) is 2.92. The van der Waals surface area contributed by atoms with Gasteiger partial charge >= 0.3 is 16.4 Å². The summed E-state index contributed by atoms with van der Waals surface area (Å²) < 4.78 is 34.7. The average molecular weight is 263 g/mol. The molecule has 0 bridgehead atoms. The first kappa shape index (κ1) is 13.2. The van der Waals surface area contributed by atoms with Crippen molar-refractivity contribution in [1.29, 1.82) is 0 Å². The lowest BCUT2D eigenvalue weighted by Gasteiger charge is -2.09. The Kier molecular flexibility index (Phi) is 3.89. The topological polar surface area (TPSA) is 125 Å². The van der Waals surface area contributed by atoms with Gasteiger partial charge in [0.1, 0.15) is 0 Å². The Morgan fingerprint density at radius 1 is 1.35 bits per heavy atom. The van der Waals surface area contributed by atoms with Gasteiger partial charge in [-0.1, -0.05) is 0 Å². The van der Waals surface area contributed by atoms with Crippen LogP contribution < -0.4 is 14.8 Å². The summed E-state index contributed by atoms with van der Waals surface area (Å²) in [7, 11) is -3.18. The van der Waals surface area contributed by atoms with Crippen molar-refractivity contribution in [2.45, 2.75) is 0 Å². The zero-order valence-electron chi connectivity index (χ0n) is 8.61. The van der Waals surface area contributed by atoms with E-state index in [1.165, 1.54) is 19.2 Å². The summed E-state index contributed by atoms with van der Waals surface area (Å²) in [5, 5.41) is 8.73. The molecule has 0 radical (unpaired) electrons. The zero-order chi connectivity index (χ0) is 13.1. The van der Waals surface area contributed by atoms with Crippen LogP contribution in [0.5, 0.6) is 11.5 Å². The maximum Gasteiger partial charge on any atom is 0.465 e. The van der Waals surface area contributed by atoms with Crippen LogP contribution in [0, 0.1) is 0 Å². The first-order chi connectivity index (χ1) is 7.89. The number of hydrogen-bond donors (Lipinski definition) is 2. The smallest absolute Gasteiger partial charge is 0.465 e. The van der Waals surface area contributed by atoms with Gasteiger partial charge in [-0.15, -0.1) is 0 Å². The third-order valence-corrected chi connectivity index (χ3v) is 2.34. The summed E-state index contributed by atoms with van der Waals surface area (Å²) in [5.41, 5.74) is -0.173. The Morgan fingerprint density at radius 2 is 2.00 bits per heavy atom. The molecule has 0 fully saturated rings. The standard InChI is InChI=1S/C8H9NO7S/c1-14-6-3-2-5(8(10)11)4-7(6)15-17(12,13)16-9/h2-4H,9H2,1H3,(H,10,11). The van der Waals surface area contributed by atoms with Crippen molar-refractivity contribution >= 4 is 16.4 Å². The number of benzene rings is 1. The van der Waals surface area contributed by atoms with Gasteiger partial charge in [-0.25, -0.2) is 4.79 Å². The lowest BCUT2D eigenvalue weighted by Crippen LogP contribution is -2.17. The number of rotatable bonds is 5. The fraction of sp³-hybridized carbons (Fsp3) is 0.125. The highest BCUT2D eigenvalue weighted by Crippen LogP contribution is 2.29. The second-order valence-electron chi connectivity index (χ2n) is 2.76. The first-order valence-electron chi connectivity index (χ1n) is 4.13. The molecule has 0 aliphatic heterocycles. The van der Waals surface area contributed by atoms with Gasteiger partial charge in [-0.3, -0.25) is 0 Å². The van der Waals surface area contributed by atoms with Crippen LogP contribution in [0.4, 0.5) is 0 Å². The Bertz CT molecular complexity index is 525. The number of aromatic carboxylic acids is 1. The zero-order valence-corrected chi connectivity index (χ0v) is 9.43. The van der Waals surface area contributed by atoms with Crippen LogP contribution in [0.3, 0.4) is 0 Å². The molecule has 0 aliphatic rings. The fourth-order valence-corrected chi connectivity index (χ4v) is 1.39. The second kappa shape index (κ2) is 4.99. The SMILES string of the molecule is COc1ccc(C(=O)O)cc1OS(=O)(=O)ON. The molecule has 0 spiro atoms. The van der Waals surface area contributed by atoms with Crippen LogP contribution in [-0.4, -0.2) is 26.6 Å². The molecule has 1 rings (SSSR count). The molecule has 1 aromatic rings. The van der Waals surface area contributed by atoms with Gasteiger partial charge in [0, 0.05) is 6.07 Å². The highest BCUT2D eigenvalue weighted by atomic mass is 32.3. The van der Waals surface area contributed by atoms with Crippen molar-refractivity contribution in [2.24, 2.45) is 5.90 Å². The van der Waals surface area contributed by atoms with Gasteiger partial charge in [0.15, 0.2) is 11.5 Å². The molecule has 0 atom stereocenters. The molecular weight excluding hydrogens is 254 g/mol. The van der Waals surface area contributed by atoms with Crippen molar-refractivity contribution in [3.8, 4) is 11.5 Å². The molecule has 0 saturated heterocycles. The van der Waals surface area contributed by atoms with Crippen LogP contribution in [-0.2, 0) is 14.7 Å². The van der Waals surface area contributed by atoms with Gasteiger partial charge < -0.3 is 14.0 Å². The lowest BCUT2D eigenvalue weighted by atomic mass is 10.2. The number of ether oxygens (including phenoxy) is 1. The normalized spacial score (nSPS) is 10.9. The van der Waals surface area contributed by atoms with Crippen molar-refractivity contribution < 1.29 is 31.5 Å². The summed E-state index contributed by atoms with van der Waals surface area (Å²) in [4.78, 5) is 10.7. The predicted octanol–water partition coefficient (Wildman–Crippen LogP) is -0.0927. The van der Waals surface area contributed by atoms with Crippen molar-refractivity contribution in [1.82, 2.24) is 0 Å². The molecule has 9 heteroatoms. The minimum absolute atomic E-state index is 0.0237. The van der Waals surface area contributed by atoms with E-state index in [0.717, 1.165) is 6.07 Å². The van der Waals surface area contributed by atoms with E-state index in [2.05, 4.69) is 14.4 Å². The minimum Gasteiger partial charge on any atom is -0.493 e. The lowest BCUT2D eigenvalue weighted by molar-refractivity contribution is 0.0696. The van der Waals surface area contributed by atoms with E-state index in [9.17, 15) is 13.2 Å². The van der Waals surface area contributed by atoms with E-state index in [0.29, 0.717) is 0 Å². The molecule has 0 heterocycles. The summed E-state index contributed by atoms with van der Waals surface area (Å²) in [6.07, 6.45) is 0. The van der Waals surface area contributed by atoms with E-state index in [1.807, 2.05) is 0 Å². The highest BCUT2D eigenvalue weighted by molar-refractivity contribution is 7.82. The van der Waals surface area contributed by atoms with Gasteiger partial charge in [-0.05, 0) is 12.1 Å². The molecule has 0 aromatic heterocycles. The quantitative estimate of drug-likeness (QED) is 0.706. The van der Waals surface area contributed by atoms with Crippen molar-refractivity contribution in [3.05, 3.63) is 23.8 Å². The second-order valence-corrected chi connectivity index (χ2v) is 3.93. The van der Waals surface area contributed by atoms with E-state index in [1.54, 1.807) is 0 Å². The molecule has 17 heavy (non-hydrogen) atoms. The van der Waals surface area contributed by atoms with E-state index in [4.69, 9.17) is 9.84 Å². The van der Waals surface area contributed by atoms with E-state index in [-0.39, 0.29) is 17.1 Å². The van der Waals surface area contributed by atoms with Crippen LogP contribution >= 0.6 is 0 Å². The van der Waals surface area contributed by atoms with Crippen LogP contribution in [0.2, 0.25) is 0 Å². The largest absolute Gasteiger partial charge is 0.493 e. The first-order valence-corrected chi connectivity index (χ1v) is 5.47. The van der Waals surface area contributed by atoms with Gasteiger partial charge in [0.2, 0.25) is 0 Å². The van der Waals surface area contributed by atoms with Crippen LogP contribution in [0.15, 0.2) is 18.2 Å². The number of methoxy groups -OCH3 is 1. The molecule has 3 N–H and O–H groups in total. The monoisotopic (exact) mass is 263 g/mol. The van der Waals surface area contributed by atoms with Crippen LogP contribution in [0.25, 0.3) is 0 Å². The summed E-state index contributed by atoms with van der Waals surface area (Å²) in [6.45, 7) is 0. The highest BCUT2D eigenvalue weighted by Gasteiger charge is 2.17. The third-order valence-electron chi connectivity index (χ3n) is 1.72. The molecule has 0 amide bonds. The molecule has 94 valence electrons. The van der Waals surface area contributed by atoms with Gasteiger partial charge in [0.25, 0.3) is 0 Å². The number of hydrogen-bond acceptors (Lipinski definition) is 7. The maximum atomic E-state index is 10.9.